The number of hydrogen-bond donors (Lipinski definition) is 1. The lowest BCUT2D eigenvalue weighted by atomic mass is 9.88. The molecule has 2 aromatic heterocycles. The predicted octanol–water partition coefficient (Wildman–Crippen LogP) is 7.88. The van der Waals surface area contributed by atoms with Crippen LogP contribution in [0.4, 0.5) is 13.6 Å². The third-order valence-electron chi connectivity index (χ3n) is 10.1. The van der Waals surface area contributed by atoms with Gasteiger partial charge in [-0.1, -0.05) is 35.4 Å². The van der Waals surface area contributed by atoms with Crippen molar-refractivity contribution in [3.8, 4) is 0 Å². The van der Waals surface area contributed by atoms with Crippen LogP contribution in [0.5, 0.6) is 0 Å². The first-order valence-electron chi connectivity index (χ1n) is 17.5. The lowest BCUT2D eigenvalue weighted by molar-refractivity contribution is 0.104. The van der Waals surface area contributed by atoms with Crippen LogP contribution in [0.2, 0.25) is 0 Å². The number of halogens is 2. The molecular formula is C41H42F2N4O2. The molecule has 8 heteroatoms. The molecule has 2 aliphatic heterocycles. The Hall–Kier alpha value is -4.69. The lowest BCUT2D eigenvalue weighted by Gasteiger charge is -2.29. The number of piperidine rings is 2. The van der Waals surface area contributed by atoms with E-state index in [9.17, 15) is 13.6 Å². The van der Waals surface area contributed by atoms with E-state index in [-0.39, 0.29) is 17.7 Å². The van der Waals surface area contributed by atoms with Gasteiger partial charge in [0.15, 0.2) is 0 Å². The number of ether oxygens (including phenoxy) is 1. The third kappa shape index (κ3) is 7.06. The summed E-state index contributed by atoms with van der Waals surface area (Å²) in [5.41, 5.74) is 13.8. The van der Waals surface area contributed by atoms with E-state index in [0.29, 0.717) is 19.7 Å². The SMILES string of the molecule is CCOC(=O)N1CCC(=C2c3cc(F)ccc3CCc3cccnc32)CC1.Fc1ccc2c(c1)C(=C1CCNCC1)c1ncccc1CC2. The molecule has 0 spiro atoms. The predicted molar refractivity (Wildman–Crippen MR) is 188 cm³/mol. The zero-order valence-electron chi connectivity index (χ0n) is 28.0. The van der Waals surface area contributed by atoms with Gasteiger partial charge in [0.25, 0.3) is 0 Å². The number of carbonyl (C=O) groups excluding carboxylic acids is 1. The molecule has 0 bridgehead atoms. The summed E-state index contributed by atoms with van der Waals surface area (Å²) in [6, 6.07) is 18.5. The van der Waals surface area contributed by atoms with Crippen LogP contribution in [-0.2, 0) is 30.4 Å². The second-order valence-electron chi connectivity index (χ2n) is 13.0. The molecule has 2 aromatic carbocycles. The maximum atomic E-state index is 14.1. The summed E-state index contributed by atoms with van der Waals surface area (Å²) in [4.78, 5) is 23.1. The van der Waals surface area contributed by atoms with Gasteiger partial charge in [0.2, 0.25) is 0 Å². The van der Waals surface area contributed by atoms with Crippen molar-refractivity contribution >= 4 is 17.2 Å². The number of hydrogen-bond acceptors (Lipinski definition) is 5. The zero-order chi connectivity index (χ0) is 33.7. The molecule has 1 N–H and O–H groups in total. The minimum absolute atomic E-state index is 0.162. The van der Waals surface area contributed by atoms with Crippen LogP contribution in [0.3, 0.4) is 0 Å². The molecule has 4 aliphatic rings. The lowest BCUT2D eigenvalue weighted by Crippen LogP contribution is -2.37. The van der Waals surface area contributed by atoms with Crippen molar-refractivity contribution in [2.24, 2.45) is 0 Å². The molecule has 0 atom stereocenters. The van der Waals surface area contributed by atoms with E-state index < -0.39 is 0 Å². The Morgan fingerprint density at radius 3 is 1.69 bits per heavy atom. The van der Waals surface area contributed by atoms with E-state index in [1.807, 2.05) is 37.4 Å². The average molecular weight is 661 g/mol. The molecule has 0 unspecified atom stereocenters. The third-order valence-corrected chi connectivity index (χ3v) is 10.1. The van der Waals surface area contributed by atoms with Gasteiger partial charge < -0.3 is 15.0 Å². The Balaban J connectivity index is 0.000000157. The number of amides is 1. The normalized spacial score (nSPS) is 17.0. The Labute approximate surface area is 286 Å². The van der Waals surface area contributed by atoms with E-state index in [0.717, 1.165) is 98.1 Å². The molecule has 0 saturated carbocycles. The van der Waals surface area contributed by atoms with E-state index in [2.05, 4.69) is 27.4 Å². The van der Waals surface area contributed by atoms with Gasteiger partial charge in [-0.3, -0.25) is 9.97 Å². The number of carbonyl (C=O) groups is 1. The molecular weight excluding hydrogens is 618 g/mol. The van der Waals surface area contributed by atoms with E-state index in [1.54, 1.807) is 29.3 Å². The Kier molecular flexibility index (Phi) is 9.94. The molecule has 4 heterocycles. The van der Waals surface area contributed by atoms with Gasteiger partial charge >= 0.3 is 6.09 Å². The second kappa shape index (κ2) is 14.8. The number of aryl methyl sites for hydroxylation is 4. The van der Waals surface area contributed by atoms with Crippen LogP contribution in [0.15, 0.2) is 84.2 Å². The molecule has 6 nitrogen and oxygen atoms in total. The highest BCUT2D eigenvalue weighted by Gasteiger charge is 2.27. The first-order chi connectivity index (χ1) is 24.0. The van der Waals surface area contributed by atoms with Crippen molar-refractivity contribution in [3.05, 3.63) is 141 Å². The standard InChI is InChI=1S/C22H23FN2O2.C19H19FN2/c1-2-27-22(26)25-12-9-16(10-13-25)20-19-14-18(23)8-7-15(19)5-6-17-4-3-11-24-21(17)20;20-16-6-5-13-3-4-15-2-1-9-22-19(15)18(17(13)12-16)14-7-10-21-11-8-14/h3-4,7-8,11,14H,2,5-6,9-10,12-13H2,1H3;1-2,5-6,9,12,21H,3-4,7-8,10-11H2. The number of rotatable bonds is 1. The van der Waals surface area contributed by atoms with Gasteiger partial charge in [-0.2, -0.15) is 0 Å². The molecule has 49 heavy (non-hydrogen) atoms. The first-order valence-corrected chi connectivity index (χ1v) is 17.5. The molecule has 2 aliphatic carbocycles. The highest BCUT2D eigenvalue weighted by atomic mass is 19.1. The fourth-order valence-corrected chi connectivity index (χ4v) is 7.64. The molecule has 2 saturated heterocycles. The number of pyridine rings is 2. The van der Waals surface area contributed by atoms with Gasteiger partial charge in [0, 0.05) is 36.6 Å². The molecule has 0 radical (unpaired) electrons. The van der Waals surface area contributed by atoms with Gasteiger partial charge in [-0.05, 0) is 141 Å². The van der Waals surface area contributed by atoms with Crippen molar-refractivity contribution < 1.29 is 18.3 Å². The molecule has 1 amide bonds. The Morgan fingerprint density at radius 1 is 0.694 bits per heavy atom. The summed E-state index contributed by atoms with van der Waals surface area (Å²) < 4.78 is 33.1. The Morgan fingerprint density at radius 2 is 1.18 bits per heavy atom. The van der Waals surface area contributed by atoms with Crippen molar-refractivity contribution in [1.29, 1.82) is 0 Å². The van der Waals surface area contributed by atoms with Crippen LogP contribution < -0.4 is 5.32 Å². The summed E-state index contributed by atoms with van der Waals surface area (Å²) in [5.74, 6) is -0.389. The molecule has 4 aromatic rings. The van der Waals surface area contributed by atoms with E-state index in [4.69, 9.17) is 4.74 Å². The maximum Gasteiger partial charge on any atom is 0.409 e. The first kappa shape index (κ1) is 32.8. The minimum Gasteiger partial charge on any atom is -0.450 e. The monoisotopic (exact) mass is 660 g/mol. The summed E-state index contributed by atoms with van der Waals surface area (Å²) in [7, 11) is 0. The topological polar surface area (TPSA) is 67.3 Å². The maximum absolute atomic E-state index is 14.1. The molecule has 8 rings (SSSR count). The van der Waals surface area contributed by atoms with Gasteiger partial charge in [-0.15, -0.1) is 0 Å². The number of nitrogens with one attached hydrogen (secondary N) is 1. The largest absolute Gasteiger partial charge is 0.450 e. The zero-order valence-corrected chi connectivity index (χ0v) is 28.0. The quantitative estimate of drug-likeness (QED) is 0.225. The van der Waals surface area contributed by atoms with Crippen LogP contribution in [-0.4, -0.2) is 53.7 Å². The van der Waals surface area contributed by atoms with Gasteiger partial charge in [0.1, 0.15) is 11.6 Å². The van der Waals surface area contributed by atoms with E-state index in [1.165, 1.54) is 39.5 Å². The number of nitrogens with zero attached hydrogens (tertiary/aromatic N) is 3. The number of aromatic nitrogens is 2. The van der Waals surface area contributed by atoms with Gasteiger partial charge in [-0.25, -0.2) is 13.6 Å². The Bertz CT molecular complexity index is 1920. The van der Waals surface area contributed by atoms with Crippen molar-refractivity contribution in [3.63, 3.8) is 0 Å². The summed E-state index contributed by atoms with van der Waals surface area (Å²) in [5, 5.41) is 3.40. The molecule has 252 valence electrons. The summed E-state index contributed by atoms with van der Waals surface area (Å²) in [6.07, 6.45) is 10.6. The van der Waals surface area contributed by atoms with Gasteiger partial charge in [0.05, 0.1) is 18.0 Å². The number of fused-ring (bicyclic) bond motifs is 4. The average Bonchev–Trinajstić information content (AvgIpc) is 3.40. The second-order valence-corrected chi connectivity index (χ2v) is 13.0. The van der Waals surface area contributed by atoms with Crippen LogP contribution in [0, 0.1) is 11.6 Å². The molecule has 2 fully saturated rings. The van der Waals surface area contributed by atoms with Crippen molar-refractivity contribution in [2.75, 3.05) is 32.8 Å². The fourth-order valence-electron chi connectivity index (χ4n) is 7.64. The highest BCUT2D eigenvalue weighted by molar-refractivity contribution is 5.85. The summed E-state index contributed by atoms with van der Waals surface area (Å²) in [6.45, 7) is 5.41. The highest BCUT2D eigenvalue weighted by Crippen LogP contribution is 2.39. The summed E-state index contributed by atoms with van der Waals surface area (Å²) >= 11 is 0. The van der Waals surface area contributed by atoms with Crippen molar-refractivity contribution in [1.82, 2.24) is 20.2 Å². The van der Waals surface area contributed by atoms with Crippen LogP contribution in [0.25, 0.3) is 11.1 Å². The van der Waals surface area contributed by atoms with E-state index >= 15 is 0 Å². The van der Waals surface area contributed by atoms with Crippen molar-refractivity contribution in [2.45, 2.75) is 58.3 Å². The smallest absolute Gasteiger partial charge is 0.409 e. The fraction of sp³-hybridized carbons (Fsp3) is 0.341. The van der Waals surface area contributed by atoms with Crippen LogP contribution in [0.1, 0.15) is 77.4 Å². The minimum atomic E-state index is -0.257. The number of likely N-dealkylation sites (tertiary alicyclic amines) is 1. The van der Waals surface area contributed by atoms with Crippen LogP contribution >= 0.6 is 0 Å². The number of benzene rings is 2.